The molecule has 0 saturated heterocycles. The molecule has 0 atom stereocenters. The Morgan fingerprint density at radius 1 is 1.27 bits per heavy atom. The lowest BCUT2D eigenvalue weighted by molar-refractivity contribution is 0.414. The normalized spacial score (nSPS) is 8.00. The zero-order valence-corrected chi connectivity index (χ0v) is 8.68. The van der Waals surface area contributed by atoms with E-state index in [-0.39, 0.29) is 0 Å². The molecule has 0 radical (unpaired) electrons. The zero-order valence-electron chi connectivity index (χ0n) is 7.10. The summed E-state index contributed by atoms with van der Waals surface area (Å²) in [5.74, 6) is 0.879. The predicted octanol–water partition coefficient (Wildman–Crippen LogP) is 3.48. The van der Waals surface area contributed by atoms with Crippen molar-refractivity contribution in [3.8, 4) is 5.75 Å². The van der Waals surface area contributed by atoms with Crippen LogP contribution in [0, 0.1) is 0 Å². The maximum atomic E-state index is 4.96. The summed E-state index contributed by atoms with van der Waals surface area (Å²) >= 11 is 3.32. The van der Waals surface area contributed by atoms with E-state index in [2.05, 4.69) is 15.9 Å². The van der Waals surface area contributed by atoms with Crippen molar-refractivity contribution in [1.29, 1.82) is 0 Å². The molecule has 0 aliphatic carbocycles. The first kappa shape index (κ1) is 10.5. The number of hydrogen-bond acceptors (Lipinski definition) is 1. The molecule has 1 aromatic rings. The molecular weight excluding hydrogens is 204 g/mol. The van der Waals surface area contributed by atoms with Crippen molar-refractivity contribution >= 4 is 15.9 Å². The van der Waals surface area contributed by atoms with E-state index >= 15 is 0 Å². The molecule has 1 aromatic carbocycles. The van der Waals surface area contributed by atoms with Crippen molar-refractivity contribution in [2.45, 2.75) is 13.8 Å². The van der Waals surface area contributed by atoms with E-state index in [1.165, 1.54) is 0 Å². The Morgan fingerprint density at radius 2 is 1.91 bits per heavy atom. The summed E-state index contributed by atoms with van der Waals surface area (Å²) in [7, 11) is 1.65. The smallest absolute Gasteiger partial charge is 0.119 e. The van der Waals surface area contributed by atoms with Crippen LogP contribution in [0.25, 0.3) is 0 Å². The first-order valence-electron chi connectivity index (χ1n) is 3.62. The zero-order chi connectivity index (χ0) is 8.69. The Balaban J connectivity index is 0.000000461. The van der Waals surface area contributed by atoms with Gasteiger partial charge in [-0.15, -0.1) is 0 Å². The summed E-state index contributed by atoms with van der Waals surface area (Å²) in [5, 5.41) is 0. The third-order valence-corrected chi connectivity index (χ3v) is 1.53. The Kier molecular flexibility index (Phi) is 5.94. The second kappa shape index (κ2) is 6.23. The minimum atomic E-state index is 0.879. The largest absolute Gasteiger partial charge is 0.497 e. The van der Waals surface area contributed by atoms with Crippen LogP contribution in [0.2, 0.25) is 0 Å². The van der Waals surface area contributed by atoms with E-state index in [4.69, 9.17) is 4.74 Å². The van der Waals surface area contributed by atoms with Crippen LogP contribution in [-0.2, 0) is 0 Å². The summed E-state index contributed by atoms with van der Waals surface area (Å²) in [4.78, 5) is 0. The fraction of sp³-hybridized carbons (Fsp3) is 0.333. The van der Waals surface area contributed by atoms with E-state index in [0.717, 1.165) is 10.2 Å². The molecule has 0 heterocycles. The van der Waals surface area contributed by atoms with Crippen LogP contribution in [0.3, 0.4) is 0 Å². The summed E-state index contributed by atoms with van der Waals surface area (Å²) in [6, 6.07) is 7.72. The second-order valence-electron chi connectivity index (χ2n) is 1.66. The third kappa shape index (κ3) is 4.04. The lowest BCUT2D eigenvalue weighted by atomic mass is 10.3. The van der Waals surface area contributed by atoms with E-state index in [1.807, 2.05) is 38.1 Å². The molecule has 11 heavy (non-hydrogen) atoms. The molecule has 0 spiro atoms. The molecular formula is C9H13BrO. The standard InChI is InChI=1S/C7H7BrO.C2H6/c1-9-7-4-2-3-6(8)5-7;1-2/h2-5H,1H3;1-2H3. The van der Waals surface area contributed by atoms with Crippen molar-refractivity contribution in [2.24, 2.45) is 0 Å². The number of ether oxygens (including phenoxy) is 1. The quantitative estimate of drug-likeness (QED) is 0.699. The van der Waals surface area contributed by atoms with Gasteiger partial charge in [-0.1, -0.05) is 35.8 Å². The molecule has 1 rings (SSSR count). The van der Waals surface area contributed by atoms with Crippen LogP contribution in [0.4, 0.5) is 0 Å². The Labute approximate surface area is 76.5 Å². The SMILES string of the molecule is CC.COc1cccc(Br)c1. The summed E-state index contributed by atoms with van der Waals surface area (Å²) < 4.78 is 6.01. The maximum absolute atomic E-state index is 4.96. The van der Waals surface area contributed by atoms with Crippen LogP contribution in [0.1, 0.15) is 13.8 Å². The van der Waals surface area contributed by atoms with Gasteiger partial charge in [-0.05, 0) is 18.2 Å². The molecule has 62 valence electrons. The number of methoxy groups -OCH3 is 1. The average molecular weight is 217 g/mol. The van der Waals surface area contributed by atoms with Crippen LogP contribution in [0.5, 0.6) is 5.75 Å². The van der Waals surface area contributed by atoms with Gasteiger partial charge in [-0.3, -0.25) is 0 Å². The van der Waals surface area contributed by atoms with Crippen molar-refractivity contribution < 1.29 is 4.74 Å². The Bertz CT molecular complexity index is 199. The lowest BCUT2D eigenvalue weighted by Crippen LogP contribution is -1.79. The van der Waals surface area contributed by atoms with Crippen molar-refractivity contribution in [3.05, 3.63) is 28.7 Å². The molecule has 0 aromatic heterocycles. The highest BCUT2D eigenvalue weighted by Gasteiger charge is 1.88. The van der Waals surface area contributed by atoms with Gasteiger partial charge < -0.3 is 4.74 Å². The van der Waals surface area contributed by atoms with E-state index < -0.39 is 0 Å². The van der Waals surface area contributed by atoms with Gasteiger partial charge in [0.2, 0.25) is 0 Å². The number of hydrogen-bond donors (Lipinski definition) is 0. The summed E-state index contributed by atoms with van der Waals surface area (Å²) in [5.41, 5.74) is 0. The van der Waals surface area contributed by atoms with Gasteiger partial charge in [0.15, 0.2) is 0 Å². The molecule has 0 unspecified atom stereocenters. The first-order valence-corrected chi connectivity index (χ1v) is 4.42. The van der Waals surface area contributed by atoms with E-state index in [9.17, 15) is 0 Å². The van der Waals surface area contributed by atoms with Crippen LogP contribution in [0.15, 0.2) is 28.7 Å². The van der Waals surface area contributed by atoms with Crippen molar-refractivity contribution in [1.82, 2.24) is 0 Å². The molecule has 2 heteroatoms. The lowest BCUT2D eigenvalue weighted by Gasteiger charge is -1.96. The highest BCUT2D eigenvalue weighted by molar-refractivity contribution is 9.10. The van der Waals surface area contributed by atoms with Gasteiger partial charge in [0.25, 0.3) is 0 Å². The Morgan fingerprint density at radius 3 is 2.27 bits per heavy atom. The van der Waals surface area contributed by atoms with Gasteiger partial charge in [0.1, 0.15) is 5.75 Å². The predicted molar refractivity (Wildman–Crippen MR) is 52.0 cm³/mol. The van der Waals surface area contributed by atoms with Gasteiger partial charge in [0.05, 0.1) is 7.11 Å². The molecule has 0 aliphatic rings. The van der Waals surface area contributed by atoms with E-state index in [0.29, 0.717) is 0 Å². The fourth-order valence-electron chi connectivity index (χ4n) is 0.594. The van der Waals surface area contributed by atoms with Gasteiger partial charge in [0, 0.05) is 4.47 Å². The van der Waals surface area contributed by atoms with E-state index in [1.54, 1.807) is 7.11 Å². The molecule has 0 N–H and O–H groups in total. The highest BCUT2D eigenvalue weighted by Crippen LogP contribution is 2.16. The Hall–Kier alpha value is -0.500. The summed E-state index contributed by atoms with van der Waals surface area (Å²) in [6.07, 6.45) is 0. The van der Waals surface area contributed by atoms with Crippen LogP contribution in [-0.4, -0.2) is 7.11 Å². The molecule has 0 amide bonds. The minimum absolute atomic E-state index is 0.879. The van der Waals surface area contributed by atoms with Crippen molar-refractivity contribution in [3.63, 3.8) is 0 Å². The van der Waals surface area contributed by atoms with Gasteiger partial charge in [-0.2, -0.15) is 0 Å². The second-order valence-corrected chi connectivity index (χ2v) is 2.58. The average Bonchev–Trinajstić information content (AvgIpc) is 2.08. The highest BCUT2D eigenvalue weighted by atomic mass is 79.9. The fourth-order valence-corrected chi connectivity index (χ4v) is 0.972. The van der Waals surface area contributed by atoms with Crippen LogP contribution >= 0.6 is 15.9 Å². The number of halogens is 1. The van der Waals surface area contributed by atoms with Crippen molar-refractivity contribution in [2.75, 3.05) is 7.11 Å². The first-order chi connectivity index (χ1) is 5.33. The summed E-state index contributed by atoms with van der Waals surface area (Å²) in [6.45, 7) is 4.00. The maximum Gasteiger partial charge on any atom is 0.119 e. The topological polar surface area (TPSA) is 9.23 Å². The number of benzene rings is 1. The van der Waals surface area contributed by atoms with Gasteiger partial charge >= 0.3 is 0 Å². The molecule has 1 nitrogen and oxygen atoms in total. The molecule has 0 aliphatic heterocycles. The molecule has 0 bridgehead atoms. The van der Waals surface area contributed by atoms with Gasteiger partial charge in [-0.25, -0.2) is 0 Å². The molecule has 0 fully saturated rings. The van der Waals surface area contributed by atoms with Crippen LogP contribution < -0.4 is 4.74 Å². The third-order valence-electron chi connectivity index (χ3n) is 1.03. The minimum Gasteiger partial charge on any atom is -0.497 e. The monoisotopic (exact) mass is 216 g/mol. The number of rotatable bonds is 1. The molecule has 0 saturated carbocycles.